The van der Waals surface area contributed by atoms with Gasteiger partial charge in [-0.05, 0) is 0 Å². The highest BCUT2D eigenvalue weighted by Crippen LogP contribution is 2.15. The zero-order chi connectivity index (χ0) is 6.85. The number of rotatable bonds is 1. The zero-order valence-electron chi connectivity index (χ0n) is 5.18. The Balaban J connectivity index is 2.79. The first-order valence-electron chi connectivity index (χ1n) is 2.83. The maximum atomic E-state index is 10.5. The Morgan fingerprint density at radius 1 is 1.78 bits per heavy atom. The minimum absolute atomic E-state index is 0.00894. The van der Waals surface area contributed by atoms with Gasteiger partial charge >= 0.3 is 0 Å². The summed E-state index contributed by atoms with van der Waals surface area (Å²) < 4.78 is 4.81. The number of aliphatic hydroxyl groups is 1. The molecule has 0 saturated carbocycles. The molecule has 0 atom stereocenters. The Bertz CT molecular complexity index is 169. The van der Waals surface area contributed by atoms with Gasteiger partial charge in [0.1, 0.15) is 5.76 Å². The lowest BCUT2D eigenvalue weighted by Gasteiger charge is -1.94. The van der Waals surface area contributed by atoms with Crippen molar-refractivity contribution in [2.75, 3.05) is 6.61 Å². The van der Waals surface area contributed by atoms with Crippen LogP contribution < -0.4 is 0 Å². The maximum absolute atomic E-state index is 10.5. The standard InChI is InChI=1S/C6H8O3/c1-2-5-6(8)4(7)3-9-5/h8H,2-3H2,1H3. The molecule has 9 heavy (non-hydrogen) atoms. The van der Waals surface area contributed by atoms with Gasteiger partial charge in [-0.1, -0.05) is 6.92 Å². The number of carbonyl (C=O) groups excluding carboxylic acids is 1. The van der Waals surface area contributed by atoms with E-state index in [1.54, 1.807) is 0 Å². The number of carbonyl (C=O) groups is 1. The molecule has 0 radical (unpaired) electrons. The van der Waals surface area contributed by atoms with Crippen molar-refractivity contribution in [1.29, 1.82) is 0 Å². The van der Waals surface area contributed by atoms with Gasteiger partial charge < -0.3 is 9.84 Å². The van der Waals surface area contributed by atoms with Crippen LogP contribution in [0, 0.1) is 0 Å². The van der Waals surface area contributed by atoms with Crippen molar-refractivity contribution in [3.05, 3.63) is 11.5 Å². The number of hydrogen-bond donors (Lipinski definition) is 1. The number of ketones is 1. The van der Waals surface area contributed by atoms with Crippen LogP contribution in [-0.4, -0.2) is 17.5 Å². The molecule has 0 spiro atoms. The van der Waals surface area contributed by atoms with Crippen LogP contribution >= 0.6 is 0 Å². The first-order chi connectivity index (χ1) is 4.25. The molecule has 1 aliphatic rings. The van der Waals surface area contributed by atoms with Gasteiger partial charge in [0.2, 0.25) is 11.5 Å². The van der Waals surface area contributed by atoms with E-state index in [0.717, 1.165) is 0 Å². The third kappa shape index (κ3) is 0.896. The number of Topliss-reactive ketones (excluding diaryl/α,β-unsaturated/α-hetero) is 1. The van der Waals surface area contributed by atoms with Crippen LogP contribution in [0.15, 0.2) is 11.5 Å². The van der Waals surface area contributed by atoms with E-state index in [9.17, 15) is 4.79 Å². The summed E-state index contributed by atoms with van der Waals surface area (Å²) in [7, 11) is 0. The fourth-order valence-electron chi connectivity index (χ4n) is 0.714. The average Bonchev–Trinajstić information content (AvgIpc) is 2.15. The summed E-state index contributed by atoms with van der Waals surface area (Å²) in [4.78, 5) is 10.5. The van der Waals surface area contributed by atoms with Crippen LogP contribution in [0.2, 0.25) is 0 Å². The lowest BCUT2D eigenvalue weighted by molar-refractivity contribution is -0.118. The van der Waals surface area contributed by atoms with Crippen molar-refractivity contribution in [2.24, 2.45) is 0 Å². The molecule has 0 aliphatic carbocycles. The normalized spacial score (nSPS) is 18.6. The highest BCUT2D eigenvalue weighted by molar-refractivity contribution is 5.96. The second-order valence-electron chi connectivity index (χ2n) is 1.84. The van der Waals surface area contributed by atoms with Gasteiger partial charge in [-0.3, -0.25) is 4.79 Å². The zero-order valence-corrected chi connectivity index (χ0v) is 5.18. The van der Waals surface area contributed by atoms with E-state index in [1.807, 2.05) is 6.92 Å². The average molecular weight is 128 g/mol. The van der Waals surface area contributed by atoms with Crippen molar-refractivity contribution in [3.63, 3.8) is 0 Å². The summed E-state index contributed by atoms with van der Waals surface area (Å²) in [6, 6.07) is 0. The first kappa shape index (κ1) is 6.13. The predicted octanol–water partition coefficient (Wildman–Crippen LogP) is 0.765. The third-order valence-electron chi connectivity index (χ3n) is 1.23. The Morgan fingerprint density at radius 3 is 2.67 bits per heavy atom. The number of hydrogen-bond acceptors (Lipinski definition) is 3. The molecule has 50 valence electrons. The topological polar surface area (TPSA) is 46.5 Å². The van der Waals surface area contributed by atoms with Gasteiger partial charge in [0.25, 0.3) is 0 Å². The molecular formula is C6H8O3. The van der Waals surface area contributed by atoms with Crippen LogP contribution in [0.1, 0.15) is 13.3 Å². The molecule has 0 unspecified atom stereocenters. The molecule has 1 N–H and O–H groups in total. The van der Waals surface area contributed by atoms with Gasteiger partial charge in [0, 0.05) is 6.42 Å². The van der Waals surface area contributed by atoms with E-state index in [-0.39, 0.29) is 18.1 Å². The molecular weight excluding hydrogens is 120 g/mol. The second-order valence-corrected chi connectivity index (χ2v) is 1.84. The molecule has 1 aliphatic heterocycles. The van der Waals surface area contributed by atoms with Crippen molar-refractivity contribution in [3.8, 4) is 0 Å². The van der Waals surface area contributed by atoms with Gasteiger partial charge in [0.15, 0.2) is 6.61 Å². The molecule has 0 saturated heterocycles. The molecule has 0 bridgehead atoms. The van der Waals surface area contributed by atoms with E-state index in [2.05, 4.69) is 0 Å². The van der Waals surface area contributed by atoms with Crippen molar-refractivity contribution < 1.29 is 14.6 Å². The fourth-order valence-corrected chi connectivity index (χ4v) is 0.714. The molecule has 1 rings (SSSR count). The maximum Gasteiger partial charge on any atom is 0.237 e. The highest BCUT2D eigenvalue weighted by Gasteiger charge is 2.21. The summed E-state index contributed by atoms with van der Waals surface area (Å²) >= 11 is 0. The summed E-state index contributed by atoms with van der Waals surface area (Å²) in [5.41, 5.74) is 0. The highest BCUT2D eigenvalue weighted by atomic mass is 16.5. The van der Waals surface area contributed by atoms with E-state index < -0.39 is 0 Å². The predicted molar refractivity (Wildman–Crippen MR) is 30.9 cm³/mol. The molecule has 0 aromatic carbocycles. The SMILES string of the molecule is CCC1=C(O)C(=O)CO1. The van der Waals surface area contributed by atoms with Crippen LogP contribution in [-0.2, 0) is 9.53 Å². The first-order valence-corrected chi connectivity index (χ1v) is 2.83. The molecule has 0 aromatic heterocycles. The van der Waals surface area contributed by atoms with E-state index in [0.29, 0.717) is 12.2 Å². The van der Waals surface area contributed by atoms with Crippen molar-refractivity contribution in [2.45, 2.75) is 13.3 Å². The monoisotopic (exact) mass is 128 g/mol. The van der Waals surface area contributed by atoms with Crippen LogP contribution in [0.25, 0.3) is 0 Å². The van der Waals surface area contributed by atoms with Crippen molar-refractivity contribution in [1.82, 2.24) is 0 Å². The Labute approximate surface area is 52.9 Å². The van der Waals surface area contributed by atoms with Crippen LogP contribution in [0.3, 0.4) is 0 Å². The summed E-state index contributed by atoms with van der Waals surface area (Å²) in [6.07, 6.45) is 0.581. The Kier molecular flexibility index (Phi) is 1.42. The van der Waals surface area contributed by atoms with Gasteiger partial charge in [-0.2, -0.15) is 0 Å². The van der Waals surface area contributed by atoms with Crippen molar-refractivity contribution >= 4 is 5.78 Å². The molecule has 0 aromatic rings. The second kappa shape index (κ2) is 2.09. The number of allylic oxidation sites excluding steroid dienone is 1. The lowest BCUT2D eigenvalue weighted by atomic mass is 10.3. The quantitative estimate of drug-likeness (QED) is 0.567. The van der Waals surface area contributed by atoms with Gasteiger partial charge in [0.05, 0.1) is 0 Å². The van der Waals surface area contributed by atoms with E-state index >= 15 is 0 Å². The smallest absolute Gasteiger partial charge is 0.237 e. The molecule has 0 fully saturated rings. The lowest BCUT2D eigenvalue weighted by Crippen LogP contribution is -1.99. The fraction of sp³-hybridized carbons (Fsp3) is 0.500. The third-order valence-corrected chi connectivity index (χ3v) is 1.23. The minimum atomic E-state index is -0.313. The molecule has 3 heteroatoms. The number of ether oxygens (including phenoxy) is 1. The minimum Gasteiger partial charge on any atom is -0.502 e. The Morgan fingerprint density at radius 2 is 2.44 bits per heavy atom. The molecule has 3 nitrogen and oxygen atoms in total. The van der Waals surface area contributed by atoms with Crippen LogP contribution in [0.5, 0.6) is 0 Å². The van der Waals surface area contributed by atoms with Gasteiger partial charge in [-0.25, -0.2) is 0 Å². The Hall–Kier alpha value is -0.990. The van der Waals surface area contributed by atoms with Gasteiger partial charge in [-0.15, -0.1) is 0 Å². The molecule has 1 heterocycles. The molecule has 0 amide bonds. The number of aliphatic hydroxyl groups excluding tert-OH is 1. The van der Waals surface area contributed by atoms with E-state index in [4.69, 9.17) is 9.84 Å². The van der Waals surface area contributed by atoms with E-state index in [1.165, 1.54) is 0 Å². The largest absolute Gasteiger partial charge is 0.502 e. The summed E-state index contributed by atoms with van der Waals surface area (Å²) in [5, 5.41) is 8.86. The summed E-state index contributed by atoms with van der Waals surface area (Å²) in [6.45, 7) is 1.83. The summed E-state index contributed by atoms with van der Waals surface area (Å²) in [5.74, 6) is -0.0932. The van der Waals surface area contributed by atoms with Crippen LogP contribution in [0.4, 0.5) is 0 Å².